The maximum Gasteiger partial charge on any atom is 0.290 e. The SMILES string of the molecule is Cc1c(C(=O)N(C[C@H]2CCOC2)C2CC2)oc2c1C(=O)CC(C)(C)C2. The van der Waals surface area contributed by atoms with Crippen LogP contribution in [0.2, 0.25) is 0 Å². The fourth-order valence-corrected chi connectivity index (χ4v) is 4.21. The molecule has 2 heterocycles. The molecular weight excluding hydrogens is 318 g/mol. The van der Waals surface area contributed by atoms with Gasteiger partial charge in [0.05, 0.1) is 12.2 Å². The first-order chi connectivity index (χ1) is 11.9. The smallest absolute Gasteiger partial charge is 0.290 e. The van der Waals surface area contributed by atoms with Crippen molar-refractivity contribution >= 4 is 11.7 Å². The molecular formula is C20H27NO4. The van der Waals surface area contributed by atoms with Crippen LogP contribution in [0.5, 0.6) is 0 Å². The Labute approximate surface area is 148 Å². The summed E-state index contributed by atoms with van der Waals surface area (Å²) in [4.78, 5) is 27.7. The lowest BCUT2D eigenvalue weighted by molar-refractivity contribution is 0.0668. The number of carbonyl (C=O) groups is 2. The zero-order valence-electron chi connectivity index (χ0n) is 15.4. The summed E-state index contributed by atoms with van der Waals surface area (Å²) < 4.78 is 11.4. The average Bonchev–Trinajstić information content (AvgIpc) is 3.13. The van der Waals surface area contributed by atoms with Crippen molar-refractivity contribution in [3.63, 3.8) is 0 Å². The minimum absolute atomic E-state index is 0.0492. The molecule has 4 rings (SSSR count). The maximum absolute atomic E-state index is 13.2. The molecule has 1 amide bonds. The third kappa shape index (κ3) is 3.14. The molecule has 0 N–H and O–H groups in total. The van der Waals surface area contributed by atoms with E-state index in [2.05, 4.69) is 13.8 Å². The van der Waals surface area contributed by atoms with Gasteiger partial charge in [-0.05, 0) is 31.6 Å². The molecule has 1 saturated heterocycles. The van der Waals surface area contributed by atoms with E-state index >= 15 is 0 Å². The van der Waals surface area contributed by atoms with Gasteiger partial charge in [-0.15, -0.1) is 0 Å². The molecule has 1 aromatic heterocycles. The summed E-state index contributed by atoms with van der Waals surface area (Å²) >= 11 is 0. The minimum Gasteiger partial charge on any atom is -0.455 e. The number of carbonyl (C=O) groups excluding carboxylic acids is 2. The molecule has 1 aromatic rings. The van der Waals surface area contributed by atoms with Crippen molar-refractivity contribution in [2.75, 3.05) is 19.8 Å². The molecule has 2 aliphatic carbocycles. The highest BCUT2D eigenvalue weighted by Crippen LogP contribution is 2.39. The molecule has 0 aromatic carbocycles. The monoisotopic (exact) mass is 345 g/mol. The van der Waals surface area contributed by atoms with E-state index in [1.165, 1.54) is 0 Å². The Morgan fingerprint density at radius 1 is 1.24 bits per heavy atom. The Morgan fingerprint density at radius 3 is 2.64 bits per heavy atom. The van der Waals surface area contributed by atoms with Crippen LogP contribution < -0.4 is 0 Å². The van der Waals surface area contributed by atoms with E-state index in [0.29, 0.717) is 41.9 Å². The molecule has 3 aliphatic rings. The quantitative estimate of drug-likeness (QED) is 0.839. The number of nitrogens with zero attached hydrogens (tertiary/aromatic N) is 1. The van der Waals surface area contributed by atoms with Crippen LogP contribution in [0, 0.1) is 18.3 Å². The largest absolute Gasteiger partial charge is 0.455 e. The van der Waals surface area contributed by atoms with E-state index < -0.39 is 0 Å². The van der Waals surface area contributed by atoms with Crippen molar-refractivity contribution in [3.05, 3.63) is 22.6 Å². The molecule has 5 heteroatoms. The van der Waals surface area contributed by atoms with E-state index in [1.54, 1.807) is 0 Å². The second-order valence-electron chi connectivity index (χ2n) is 8.71. The summed E-state index contributed by atoms with van der Waals surface area (Å²) in [5.41, 5.74) is 1.28. The Kier molecular flexibility index (Phi) is 4.02. The summed E-state index contributed by atoms with van der Waals surface area (Å²) in [5.74, 6) is 1.54. The van der Waals surface area contributed by atoms with Gasteiger partial charge in [-0.25, -0.2) is 0 Å². The molecule has 0 bridgehead atoms. The molecule has 25 heavy (non-hydrogen) atoms. The van der Waals surface area contributed by atoms with Gasteiger partial charge in [-0.2, -0.15) is 0 Å². The Hall–Kier alpha value is -1.62. The summed E-state index contributed by atoms with van der Waals surface area (Å²) in [6.45, 7) is 8.25. The molecule has 5 nitrogen and oxygen atoms in total. The molecule has 1 aliphatic heterocycles. The average molecular weight is 345 g/mol. The van der Waals surface area contributed by atoms with Crippen molar-refractivity contribution in [1.82, 2.24) is 4.90 Å². The highest BCUT2D eigenvalue weighted by atomic mass is 16.5. The topological polar surface area (TPSA) is 59.8 Å². The van der Waals surface area contributed by atoms with Gasteiger partial charge in [0, 0.05) is 43.5 Å². The summed E-state index contributed by atoms with van der Waals surface area (Å²) in [5, 5.41) is 0. The lowest BCUT2D eigenvalue weighted by Crippen LogP contribution is -2.37. The van der Waals surface area contributed by atoms with Crippen LogP contribution >= 0.6 is 0 Å². The summed E-state index contributed by atoms with van der Waals surface area (Å²) in [6.07, 6.45) is 4.36. The summed E-state index contributed by atoms with van der Waals surface area (Å²) in [6, 6.07) is 0.321. The standard InChI is InChI=1S/C20H27NO4/c1-12-17-15(22)8-20(2,3)9-16(17)25-18(12)19(23)21(14-4-5-14)10-13-6-7-24-11-13/h13-14H,4-11H2,1-3H3/t13-/m1/s1. The number of rotatable bonds is 4. The molecule has 0 radical (unpaired) electrons. The second-order valence-corrected chi connectivity index (χ2v) is 8.71. The number of Topliss-reactive ketones (excluding diaryl/α,β-unsaturated/α-hetero) is 1. The van der Waals surface area contributed by atoms with Crippen LogP contribution in [0.4, 0.5) is 0 Å². The van der Waals surface area contributed by atoms with E-state index in [-0.39, 0.29) is 17.1 Å². The molecule has 1 atom stereocenters. The van der Waals surface area contributed by atoms with Crippen molar-refractivity contribution in [2.45, 2.75) is 58.9 Å². The van der Waals surface area contributed by atoms with E-state index in [9.17, 15) is 9.59 Å². The van der Waals surface area contributed by atoms with Crippen molar-refractivity contribution in [1.29, 1.82) is 0 Å². The van der Waals surface area contributed by atoms with Crippen LogP contribution in [0.25, 0.3) is 0 Å². The lowest BCUT2D eigenvalue weighted by atomic mass is 9.76. The molecule has 136 valence electrons. The van der Waals surface area contributed by atoms with Gasteiger partial charge in [0.25, 0.3) is 5.91 Å². The van der Waals surface area contributed by atoms with Gasteiger partial charge in [0.2, 0.25) is 0 Å². The first kappa shape index (κ1) is 16.8. The third-order valence-electron chi connectivity index (χ3n) is 5.70. The van der Waals surface area contributed by atoms with Gasteiger partial charge in [0.15, 0.2) is 11.5 Å². The number of ether oxygens (including phenoxy) is 1. The Bertz CT molecular complexity index is 708. The first-order valence-corrected chi connectivity index (χ1v) is 9.40. The Balaban J connectivity index is 1.62. The van der Waals surface area contributed by atoms with E-state index in [0.717, 1.165) is 44.6 Å². The number of ketones is 1. The number of fused-ring (bicyclic) bond motifs is 1. The van der Waals surface area contributed by atoms with Gasteiger partial charge in [-0.1, -0.05) is 13.8 Å². The molecule has 1 saturated carbocycles. The van der Waals surface area contributed by atoms with E-state index in [1.807, 2.05) is 11.8 Å². The number of hydrogen-bond acceptors (Lipinski definition) is 4. The van der Waals surface area contributed by atoms with Crippen molar-refractivity contribution < 1.29 is 18.7 Å². The van der Waals surface area contributed by atoms with Crippen LogP contribution in [0.15, 0.2) is 4.42 Å². The summed E-state index contributed by atoms with van der Waals surface area (Å²) in [7, 11) is 0. The number of furan rings is 1. The van der Waals surface area contributed by atoms with E-state index in [4.69, 9.17) is 9.15 Å². The fraction of sp³-hybridized carbons (Fsp3) is 0.700. The second kappa shape index (κ2) is 5.97. The van der Waals surface area contributed by atoms with Crippen LogP contribution in [-0.4, -0.2) is 42.4 Å². The normalized spacial score (nSPS) is 25.1. The number of hydrogen-bond donors (Lipinski definition) is 0. The van der Waals surface area contributed by atoms with Crippen LogP contribution in [-0.2, 0) is 11.2 Å². The predicted molar refractivity (Wildman–Crippen MR) is 92.9 cm³/mol. The van der Waals surface area contributed by atoms with Gasteiger partial charge < -0.3 is 14.1 Å². The highest BCUT2D eigenvalue weighted by molar-refractivity contribution is 6.03. The van der Waals surface area contributed by atoms with Crippen LogP contribution in [0.1, 0.15) is 71.8 Å². The maximum atomic E-state index is 13.2. The van der Waals surface area contributed by atoms with Crippen molar-refractivity contribution in [3.8, 4) is 0 Å². The zero-order chi connectivity index (χ0) is 17.8. The zero-order valence-corrected chi connectivity index (χ0v) is 15.4. The first-order valence-electron chi connectivity index (χ1n) is 9.40. The highest BCUT2D eigenvalue weighted by Gasteiger charge is 2.41. The molecule has 0 spiro atoms. The van der Waals surface area contributed by atoms with Gasteiger partial charge >= 0.3 is 0 Å². The van der Waals surface area contributed by atoms with Crippen molar-refractivity contribution in [2.24, 2.45) is 11.3 Å². The Morgan fingerprint density at radius 2 is 2.00 bits per heavy atom. The fourth-order valence-electron chi connectivity index (χ4n) is 4.21. The third-order valence-corrected chi connectivity index (χ3v) is 5.70. The van der Waals surface area contributed by atoms with Crippen LogP contribution in [0.3, 0.4) is 0 Å². The molecule has 0 unspecified atom stereocenters. The predicted octanol–water partition coefficient (Wildman–Crippen LogP) is 3.38. The minimum atomic E-state index is -0.105. The molecule has 2 fully saturated rings. The number of amides is 1. The van der Waals surface area contributed by atoms with Gasteiger partial charge in [-0.3, -0.25) is 9.59 Å². The lowest BCUT2D eigenvalue weighted by Gasteiger charge is -2.27. The van der Waals surface area contributed by atoms with Gasteiger partial charge in [0.1, 0.15) is 5.76 Å².